The molecule has 0 saturated carbocycles. The Balaban J connectivity index is 1.29. The Morgan fingerprint density at radius 3 is 2.43 bits per heavy atom. The van der Waals surface area contributed by atoms with Crippen LogP contribution in [0.1, 0.15) is 36.3 Å². The summed E-state index contributed by atoms with van der Waals surface area (Å²) in [5.41, 5.74) is 2.23. The molecule has 1 aliphatic heterocycles. The number of amides is 1. The first-order valence-electron chi connectivity index (χ1n) is 12.2. The third-order valence-electron chi connectivity index (χ3n) is 6.45. The van der Waals surface area contributed by atoms with Crippen LogP contribution in [0.3, 0.4) is 0 Å². The predicted octanol–water partition coefficient (Wildman–Crippen LogP) is 5.98. The number of likely N-dealkylation sites (tertiary alicyclic amines) is 1. The van der Waals surface area contributed by atoms with Crippen molar-refractivity contribution in [2.24, 2.45) is 0 Å². The number of hydrogen-bond donors (Lipinski definition) is 1. The van der Waals surface area contributed by atoms with Crippen molar-refractivity contribution in [1.29, 1.82) is 0 Å². The summed E-state index contributed by atoms with van der Waals surface area (Å²) in [7, 11) is 1.64. The van der Waals surface area contributed by atoms with Gasteiger partial charge >= 0.3 is 0 Å². The Morgan fingerprint density at radius 2 is 1.71 bits per heavy atom. The first-order chi connectivity index (χ1) is 17.2. The molecular formula is C29H33ClN2O3. The Kier molecular flexibility index (Phi) is 9.04. The van der Waals surface area contributed by atoms with Gasteiger partial charge in [-0.05, 0) is 54.7 Å². The molecule has 6 heteroatoms. The minimum atomic E-state index is -0.197. The molecule has 1 unspecified atom stereocenters. The molecule has 1 saturated heterocycles. The molecule has 5 nitrogen and oxygen atoms in total. The Bertz CT molecular complexity index is 1080. The van der Waals surface area contributed by atoms with E-state index in [4.69, 9.17) is 21.1 Å². The van der Waals surface area contributed by atoms with Crippen molar-refractivity contribution in [1.82, 2.24) is 10.2 Å². The number of alkyl halides is 1. The van der Waals surface area contributed by atoms with Gasteiger partial charge < -0.3 is 14.8 Å². The van der Waals surface area contributed by atoms with Crippen LogP contribution in [0.15, 0.2) is 78.9 Å². The smallest absolute Gasteiger partial charge is 0.227 e. The van der Waals surface area contributed by atoms with E-state index in [9.17, 15) is 4.79 Å². The molecule has 1 heterocycles. The fraction of sp³-hybridized carbons (Fsp3) is 0.345. The van der Waals surface area contributed by atoms with Crippen LogP contribution in [0.25, 0.3) is 0 Å². The van der Waals surface area contributed by atoms with Gasteiger partial charge in [-0.15, -0.1) is 11.6 Å². The molecule has 1 N–H and O–H groups in total. The summed E-state index contributed by atoms with van der Waals surface area (Å²) in [5, 5.41) is 3.28. The van der Waals surface area contributed by atoms with Gasteiger partial charge in [0.05, 0.1) is 13.0 Å². The SMILES string of the molecule is COc1ccccc1Oc1cccc(CN2CCC(NC(=O)C(CCCl)c3ccccc3)CC2)c1. The van der Waals surface area contributed by atoms with Gasteiger partial charge in [-0.2, -0.15) is 0 Å². The number of nitrogens with zero attached hydrogens (tertiary/aromatic N) is 1. The first kappa shape index (κ1) is 25.1. The van der Waals surface area contributed by atoms with E-state index in [1.54, 1.807) is 7.11 Å². The van der Waals surface area contributed by atoms with Gasteiger partial charge in [-0.3, -0.25) is 9.69 Å². The maximum atomic E-state index is 13.0. The lowest BCUT2D eigenvalue weighted by Crippen LogP contribution is -2.45. The number of piperidine rings is 1. The standard InChI is InChI=1S/C29H33ClN2O3/c1-34-27-12-5-6-13-28(27)35-25-11-7-8-22(20-25)21-32-18-15-24(16-19-32)31-29(33)26(14-17-30)23-9-3-2-4-10-23/h2-13,20,24,26H,14-19,21H2,1H3,(H,31,33). The van der Waals surface area contributed by atoms with E-state index in [-0.39, 0.29) is 17.9 Å². The van der Waals surface area contributed by atoms with Crippen molar-refractivity contribution in [2.45, 2.75) is 37.8 Å². The topological polar surface area (TPSA) is 50.8 Å². The summed E-state index contributed by atoms with van der Waals surface area (Å²) in [5.74, 6) is 2.55. The van der Waals surface area contributed by atoms with Crippen LogP contribution in [0.4, 0.5) is 0 Å². The molecule has 0 spiro atoms. The maximum Gasteiger partial charge on any atom is 0.227 e. The molecule has 3 aromatic rings. The highest BCUT2D eigenvalue weighted by Gasteiger charge is 2.25. The van der Waals surface area contributed by atoms with Gasteiger partial charge in [0.15, 0.2) is 11.5 Å². The zero-order valence-electron chi connectivity index (χ0n) is 20.2. The van der Waals surface area contributed by atoms with Gasteiger partial charge in [-0.25, -0.2) is 0 Å². The highest BCUT2D eigenvalue weighted by molar-refractivity contribution is 6.18. The van der Waals surface area contributed by atoms with Crippen molar-refractivity contribution in [3.05, 3.63) is 90.0 Å². The number of halogens is 1. The number of carbonyl (C=O) groups excluding carboxylic acids is 1. The molecule has 35 heavy (non-hydrogen) atoms. The van der Waals surface area contributed by atoms with E-state index < -0.39 is 0 Å². The zero-order valence-corrected chi connectivity index (χ0v) is 20.9. The van der Waals surface area contributed by atoms with E-state index >= 15 is 0 Å². The van der Waals surface area contributed by atoms with Crippen LogP contribution in [-0.2, 0) is 11.3 Å². The molecule has 0 bridgehead atoms. The van der Waals surface area contributed by atoms with Gasteiger partial charge in [0.2, 0.25) is 5.91 Å². The van der Waals surface area contributed by atoms with Crippen molar-refractivity contribution >= 4 is 17.5 Å². The molecular weight excluding hydrogens is 460 g/mol. The Hall–Kier alpha value is -3.02. The lowest BCUT2D eigenvalue weighted by molar-refractivity contribution is -0.123. The summed E-state index contributed by atoms with van der Waals surface area (Å²) < 4.78 is 11.5. The van der Waals surface area contributed by atoms with E-state index in [1.807, 2.05) is 66.7 Å². The van der Waals surface area contributed by atoms with Gasteiger partial charge in [-0.1, -0.05) is 54.6 Å². The molecule has 1 atom stereocenters. The summed E-state index contributed by atoms with van der Waals surface area (Å²) in [6, 6.07) is 25.9. The molecule has 0 aromatic heterocycles. The van der Waals surface area contributed by atoms with E-state index in [1.165, 1.54) is 5.56 Å². The number of rotatable bonds is 10. The summed E-state index contributed by atoms with van der Waals surface area (Å²) in [6.07, 6.45) is 2.51. The monoisotopic (exact) mass is 492 g/mol. The van der Waals surface area contributed by atoms with Crippen LogP contribution in [0.5, 0.6) is 17.2 Å². The second kappa shape index (κ2) is 12.6. The first-order valence-corrected chi connectivity index (χ1v) is 12.7. The highest BCUT2D eigenvalue weighted by Crippen LogP contribution is 2.31. The third-order valence-corrected chi connectivity index (χ3v) is 6.67. The number of hydrogen-bond acceptors (Lipinski definition) is 4. The largest absolute Gasteiger partial charge is 0.493 e. The molecule has 184 valence electrons. The summed E-state index contributed by atoms with van der Waals surface area (Å²) in [4.78, 5) is 15.4. The fourth-order valence-electron chi connectivity index (χ4n) is 4.58. The van der Waals surface area contributed by atoms with Crippen LogP contribution < -0.4 is 14.8 Å². The minimum Gasteiger partial charge on any atom is -0.493 e. The van der Waals surface area contributed by atoms with Crippen LogP contribution in [0.2, 0.25) is 0 Å². The van der Waals surface area contributed by atoms with Crippen LogP contribution in [-0.4, -0.2) is 42.9 Å². The van der Waals surface area contributed by atoms with Gasteiger partial charge in [0.25, 0.3) is 0 Å². The van der Waals surface area contributed by atoms with Crippen molar-refractivity contribution in [2.75, 3.05) is 26.1 Å². The van der Waals surface area contributed by atoms with Gasteiger partial charge in [0.1, 0.15) is 5.75 Å². The van der Waals surface area contributed by atoms with Crippen molar-refractivity contribution < 1.29 is 14.3 Å². The normalized spacial score (nSPS) is 15.4. The van der Waals surface area contributed by atoms with Gasteiger partial charge in [0, 0.05) is 31.6 Å². The molecule has 1 amide bonds. The second-order valence-corrected chi connectivity index (χ2v) is 9.28. The Morgan fingerprint density at radius 1 is 1.00 bits per heavy atom. The molecule has 4 rings (SSSR count). The number of methoxy groups -OCH3 is 1. The number of ether oxygens (including phenoxy) is 2. The molecule has 0 radical (unpaired) electrons. The number of nitrogens with one attached hydrogen (secondary N) is 1. The maximum absolute atomic E-state index is 13.0. The lowest BCUT2D eigenvalue weighted by atomic mass is 9.94. The average Bonchev–Trinajstić information content (AvgIpc) is 2.89. The number of carbonyl (C=O) groups is 1. The predicted molar refractivity (Wildman–Crippen MR) is 140 cm³/mol. The average molecular weight is 493 g/mol. The van der Waals surface area contributed by atoms with Crippen molar-refractivity contribution in [3.8, 4) is 17.2 Å². The Labute approximate surface area is 213 Å². The van der Waals surface area contributed by atoms with Crippen LogP contribution >= 0.6 is 11.6 Å². The third kappa shape index (κ3) is 7.00. The fourth-order valence-corrected chi connectivity index (χ4v) is 4.79. The summed E-state index contributed by atoms with van der Waals surface area (Å²) >= 11 is 6.00. The van der Waals surface area contributed by atoms with E-state index in [0.717, 1.165) is 43.8 Å². The van der Waals surface area contributed by atoms with Crippen molar-refractivity contribution in [3.63, 3.8) is 0 Å². The number of benzene rings is 3. The molecule has 0 aliphatic carbocycles. The lowest BCUT2D eigenvalue weighted by Gasteiger charge is -2.33. The second-order valence-electron chi connectivity index (χ2n) is 8.90. The minimum absolute atomic E-state index is 0.0801. The van der Waals surface area contributed by atoms with E-state index in [0.29, 0.717) is 23.8 Å². The highest BCUT2D eigenvalue weighted by atomic mass is 35.5. The van der Waals surface area contributed by atoms with Crippen LogP contribution in [0, 0.1) is 0 Å². The zero-order chi connectivity index (χ0) is 24.5. The number of para-hydroxylation sites is 2. The summed E-state index contributed by atoms with van der Waals surface area (Å²) in [6.45, 7) is 2.73. The molecule has 3 aromatic carbocycles. The molecule has 1 aliphatic rings. The van der Waals surface area contributed by atoms with E-state index in [2.05, 4.69) is 22.3 Å². The molecule has 1 fully saturated rings. The quantitative estimate of drug-likeness (QED) is 0.354.